The molecule has 1 aromatic rings. The van der Waals surface area contributed by atoms with Gasteiger partial charge in [0, 0.05) is 17.9 Å². The summed E-state index contributed by atoms with van der Waals surface area (Å²) in [5, 5.41) is 5.06. The molecular weight excluding hydrogens is 196 g/mol. The fourth-order valence-corrected chi connectivity index (χ4v) is 2.47. The Balaban J connectivity index is 2.25. The second kappa shape index (κ2) is 4.09. The lowest BCUT2D eigenvalue weighted by molar-refractivity contribution is 0.394. The van der Waals surface area contributed by atoms with E-state index in [0.717, 1.165) is 23.7 Å². The molecule has 3 nitrogen and oxygen atoms in total. The molecule has 0 saturated heterocycles. The average Bonchev–Trinajstić information content (AvgIpc) is 2.27. The largest absolute Gasteiger partial charge is 0.481 e. The van der Waals surface area contributed by atoms with Crippen LogP contribution in [0.1, 0.15) is 13.3 Å². The van der Waals surface area contributed by atoms with Crippen LogP contribution in [0.3, 0.4) is 0 Å². The summed E-state index contributed by atoms with van der Waals surface area (Å²) in [5.41, 5.74) is 1.13. The maximum atomic E-state index is 5.10. The van der Waals surface area contributed by atoms with Crippen LogP contribution in [0.5, 0.6) is 5.88 Å². The highest BCUT2D eigenvalue weighted by atomic mass is 32.2. The standard InChI is InChI=1S/C10H14N2OS/c1-3-7-6-11-8-4-5-9(13-2)12-10(8)14-7/h4-5,7,11H,3,6H2,1-2H3. The van der Waals surface area contributed by atoms with Gasteiger partial charge in [-0.2, -0.15) is 0 Å². The average molecular weight is 210 g/mol. The summed E-state index contributed by atoms with van der Waals surface area (Å²) in [6.07, 6.45) is 1.16. The van der Waals surface area contributed by atoms with Crippen molar-refractivity contribution in [3.8, 4) is 5.88 Å². The van der Waals surface area contributed by atoms with Gasteiger partial charge >= 0.3 is 0 Å². The van der Waals surface area contributed by atoms with Crippen molar-refractivity contribution in [2.75, 3.05) is 19.0 Å². The van der Waals surface area contributed by atoms with E-state index < -0.39 is 0 Å². The van der Waals surface area contributed by atoms with Crippen molar-refractivity contribution in [2.24, 2.45) is 0 Å². The van der Waals surface area contributed by atoms with Gasteiger partial charge in [-0.15, -0.1) is 0 Å². The number of nitrogens with zero attached hydrogens (tertiary/aromatic N) is 1. The minimum atomic E-state index is 0.627. The minimum Gasteiger partial charge on any atom is -0.481 e. The molecule has 76 valence electrons. The number of thioether (sulfide) groups is 1. The topological polar surface area (TPSA) is 34.1 Å². The zero-order valence-corrected chi connectivity index (χ0v) is 9.23. The molecule has 1 aliphatic rings. The van der Waals surface area contributed by atoms with Crippen molar-refractivity contribution in [1.82, 2.24) is 4.98 Å². The number of anilines is 1. The first kappa shape index (κ1) is 9.65. The number of methoxy groups -OCH3 is 1. The highest BCUT2D eigenvalue weighted by molar-refractivity contribution is 8.00. The molecule has 14 heavy (non-hydrogen) atoms. The van der Waals surface area contributed by atoms with E-state index >= 15 is 0 Å². The Morgan fingerprint density at radius 1 is 1.64 bits per heavy atom. The summed E-state index contributed by atoms with van der Waals surface area (Å²) >= 11 is 1.83. The highest BCUT2D eigenvalue weighted by Gasteiger charge is 2.18. The van der Waals surface area contributed by atoms with E-state index in [9.17, 15) is 0 Å². The molecule has 0 bridgehead atoms. The van der Waals surface area contributed by atoms with Gasteiger partial charge in [0.05, 0.1) is 12.8 Å². The Morgan fingerprint density at radius 3 is 3.21 bits per heavy atom. The van der Waals surface area contributed by atoms with Crippen molar-refractivity contribution < 1.29 is 4.74 Å². The van der Waals surface area contributed by atoms with Gasteiger partial charge in [0.15, 0.2) is 0 Å². The molecule has 0 aliphatic carbocycles. The van der Waals surface area contributed by atoms with Gasteiger partial charge in [0.25, 0.3) is 0 Å². The molecule has 4 heteroatoms. The molecule has 0 saturated carbocycles. The summed E-state index contributed by atoms with van der Waals surface area (Å²) in [5.74, 6) is 0.690. The van der Waals surface area contributed by atoms with Crippen LogP contribution in [-0.2, 0) is 0 Å². The van der Waals surface area contributed by atoms with E-state index in [1.807, 2.05) is 23.9 Å². The number of aromatic nitrogens is 1. The zero-order chi connectivity index (χ0) is 9.97. The van der Waals surface area contributed by atoms with Crippen LogP contribution in [0.25, 0.3) is 0 Å². The highest BCUT2D eigenvalue weighted by Crippen LogP contribution is 2.35. The number of rotatable bonds is 2. The summed E-state index contributed by atoms with van der Waals surface area (Å²) in [6, 6.07) is 3.92. The minimum absolute atomic E-state index is 0.627. The molecule has 1 unspecified atom stereocenters. The third-order valence-electron chi connectivity index (χ3n) is 2.30. The first-order valence-electron chi connectivity index (χ1n) is 4.79. The quantitative estimate of drug-likeness (QED) is 0.812. The van der Waals surface area contributed by atoms with Crippen LogP contribution in [-0.4, -0.2) is 23.9 Å². The number of pyridine rings is 1. The molecule has 1 aromatic heterocycles. The van der Waals surface area contributed by atoms with Crippen molar-refractivity contribution in [2.45, 2.75) is 23.6 Å². The lowest BCUT2D eigenvalue weighted by Gasteiger charge is -2.23. The number of nitrogens with one attached hydrogen (secondary N) is 1. The van der Waals surface area contributed by atoms with Gasteiger partial charge in [0.1, 0.15) is 5.03 Å². The lowest BCUT2D eigenvalue weighted by Crippen LogP contribution is -2.21. The first-order valence-corrected chi connectivity index (χ1v) is 5.67. The van der Waals surface area contributed by atoms with Crippen molar-refractivity contribution in [1.29, 1.82) is 0 Å². The molecule has 1 N–H and O–H groups in total. The molecular formula is C10H14N2OS. The summed E-state index contributed by atoms with van der Waals surface area (Å²) < 4.78 is 5.10. The lowest BCUT2D eigenvalue weighted by atomic mass is 10.3. The Morgan fingerprint density at radius 2 is 2.50 bits per heavy atom. The Hall–Kier alpha value is -0.900. The van der Waals surface area contributed by atoms with E-state index in [1.165, 1.54) is 0 Å². The van der Waals surface area contributed by atoms with E-state index in [0.29, 0.717) is 11.1 Å². The second-order valence-corrected chi connectivity index (χ2v) is 4.52. The van der Waals surface area contributed by atoms with Crippen LogP contribution in [0.2, 0.25) is 0 Å². The van der Waals surface area contributed by atoms with Crippen LogP contribution < -0.4 is 10.1 Å². The third-order valence-corrected chi connectivity index (χ3v) is 3.67. The smallest absolute Gasteiger partial charge is 0.214 e. The van der Waals surface area contributed by atoms with Crippen molar-refractivity contribution in [3.05, 3.63) is 12.1 Å². The Labute approximate surface area is 88.3 Å². The molecule has 0 spiro atoms. The van der Waals surface area contributed by atoms with Gasteiger partial charge in [-0.25, -0.2) is 4.98 Å². The molecule has 2 rings (SSSR count). The molecule has 1 aliphatic heterocycles. The van der Waals surface area contributed by atoms with Gasteiger partial charge in [-0.3, -0.25) is 0 Å². The fourth-order valence-electron chi connectivity index (χ4n) is 1.41. The van der Waals surface area contributed by atoms with Gasteiger partial charge in [-0.05, 0) is 12.5 Å². The summed E-state index contributed by atoms with van der Waals surface area (Å²) in [4.78, 5) is 4.41. The van der Waals surface area contributed by atoms with Crippen molar-refractivity contribution in [3.63, 3.8) is 0 Å². The van der Waals surface area contributed by atoms with E-state index in [2.05, 4.69) is 17.2 Å². The van der Waals surface area contributed by atoms with Crippen LogP contribution in [0, 0.1) is 0 Å². The zero-order valence-electron chi connectivity index (χ0n) is 8.41. The first-order chi connectivity index (χ1) is 6.83. The van der Waals surface area contributed by atoms with E-state index in [-0.39, 0.29) is 0 Å². The molecule has 2 heterocycles. The maximum Gasteiger partial charge on any atom is 0.214 e. The number of hydrogen-bond donors (Lipinski definition) is 1. The van der Waals surface area contributed by atoms with Gasteiger partial charge < -0.3 is 10.1 Å². The van der Waals surface area contributed by atoms with E-state index in [4.69, 9.17) is 4.74 Å². The van der Waals surface area contributed by atoms with Crippen LogP contribution in [0.4, 0.5) is 5.69 Å². The van der Waals surface area contributed by atoms with Crippen molar-refractivity contribution >= 4 is 17.4 Å². The SMILES string of the molecule is CCC1CNc2ccc(OC)nc2S1. The molecule has 0 fully saturated rings. The van der Waals surface area contributed by atoms with Crippen LogP contribution >= 0.6 is 11.8 Å². The Kier molecular flexibility index (Phi) is 2.82. The van der Waals surface area contributed by atoms with E-state index in [1.54, 1.807) is 7.11 Å². The van der Waals surface area contributed by atoms with Gasteiger partial charge in [0.2, 0.25) is 5.88 Å². The molecule has 0 aromatic carbocycles. The monoisotopic (exact) mass is 210 g/mol. The number of fused-ring (bicyclic) bond motifs is 1. The Bertz CT molecular complexity index is 330. The van der Waals surface area contributed by atoms with Crippen LogP contribution in [0.15, 0.2) is 17.2 Å². The molecule has 0 amide bonds. The normalized spacial score (nSPS) is 19.7. The third kappa shape index (κ3) is 1.80. The number of ether oxygens (including phenoxy) is 1. The predicted octanol–water partition coefficient (Wildman–Crippen LogP) is 2.39. The molecule has 0 radical (unpaired) electrons. The predicted molar refractivity (Wildman–Crippen MR) is 59.2 cm³/mol. The summed E-state index contributed by atoms with van der Waals surface area (Å²) in [6.45, 7) is 3.23. The number of hydrogen-bond acceptors (Lipinski definition) is 4. The molecule has 1 atom stereocenters. The van der Waals surface area contributed by atoms with Gasteiger partial charge in [-0.1, -0.05) is 18.7 Å². The maximum absolute atomic E-state index is 5.10. The fraction of sp³-hybridized carbons (Fsp3) is 0.500. The summed E-state index contributed by atoms with van der Waals surface area (Å²) in [7, 11) is 1.65. The second-order valence-electron chi connectivity index (χ2n) is 3.24.